The summed E-state index contributed by atoms with van der Waals surface area (Å²) in [5.74, 6) is -0.450. The second-order valence-electron chi connectivity index (χ2n) is 6.65. The van der Waals surface area contributed by atoms with E-state index in [2.05, 4.69) is 0 Å². The van der Waals surface area contributed by atoms with Crippen molar-refractivity contribution in [3.63, 3.8) is 0 Å². The number of fused-ring (bicyclic) bond motifs is 1. The van der Waals surface area contributed by atoms with Crippen molar-refractivity contribution in [2.24, 2.45) is 0 Å². The van der Waals surface area contributed by atoms with Crippen LogP contribution < -0.4 is 9.47 Å². The summed E-state index contributed by atoms with van der Waals surface area (Å²) in [6.45, 7) is 4.04. The van der Waals surface area contributed by atoms with Crippen LogP contribution in [0, 0.1) is 5.82 Å². The molecule has 0 heterocycles. The van der Waals surface area contributed by atoms with Crippen LogP contribution in [0.25, 0.3) is 10.8 Å². The van der Waals surface area contributed by atoms with Gasteiger partial charge in [0, 0.05) is 0 Å². The molecule has 0 aliphatic rings. The minimum absolute atomic E-state index is 0.0387. The van der Waals surface area contributed by atoms with E-state index in [1.54, 1.807) is 31.2 Å². The maximum Gasteiger partial charge on any atom is 0.426 e. The van der Waals surface area contributed by atoms with Crippen molar-refractivity contribution in [3.05, 3.63) is 83.7 Å². The first-order chi connectivity index (χ1) is 13.9. The van der Waals surface area contributed by atoms with E-state index in [0.717, 1.165) is 18.4 Å². The Balaban J connectivity index is 1.78. The van der Waals surface area contributed by atoms with Crippen LogP contribution in [0.4, 0.5) is 13.2 Å². The monoisotopic (exact) mass is 400 g/mol. The lowest BCUT2D eigenvalue weighted by Crippen LogP contribution is -2.21. The normalized spacial score (nSPS) is 11.9. The van der Waals surface area contributed by atoms with E-state index in [-0.39, 0.29) is 17.1 Å². The summed E-state index contributed by atoms with van der Waals surface area (Å²) in [5, 5.41) is 1.13. The second-order valence-corrected chi connectivity index (χ2v) is 6.65. The molecular formula is C24H23F3O2. The van der Waals surface area contributed by atoms with Crippen molar-refractivity contribution >= 4 is 10.8 Å². The third-order valence-electron chi connectivity index (χ3n) is 4.53. The third kappa shape index (κ3) is 5.11. The Morgan fingerprint density at radius 1 is 0.966 bits per heavy atom. The topological polar surface area (TPSA) is 18.5 Å². The van der Waals surface area contributed by atoms with Crippen LogP contribution in [0.5, 0.6) is 11.5 Å². The lowest BCUT2D eigenvalue weighted by Gasteiger charge is -2.19. The van der Waals surface area contributed by atoms with Gasteiger partial charge in [-0.05, 0) is 79.4 Å². The molecule has 0 saturated heterocycles. The zero-order valence-corrected chi connectivity index (χ0v) is 16.4. The van der Waals surface area contributed by atoms with Crippen molar-refractivity contribution in [2.75, 3.05) is 6.61 Å². The van der Waals surface area contributed by atoms with Crippen LogP contribution in [-0.4, -0.2) is 6.61 Å². The van der Waals surface area contributed by atoms with Gasteiger partial charge < -0.3 is 9.47 Å². The maximum atomic E-state index is 14.6. The maximum absolute atomic E-state index is 14.6. The molecule has 0 bridgehead atoms. The molecule has 0 fully saturated rings. The Labute approximate surface area is 168 Å². The van der Waals surface area contributed by atoms with Crippen LogP contribution in [-0.2, 0) is 12.5 Å². The quantitative estimate of drug-likeness (QED) is 0.379. The second kappa shape index (κ2) is 9.03. The van der Waals surface area contributed by atoms with Crippen LogP contribution in [0.3, 0.4) is 0 Å². The number of benzene rings is 3. The van der Waals surface area contributed by atoms with E-state index >= 15 is 0 Å². The number of aryl methyl sites for hydroxylation is 1. The number of allylic oxidation sites excluding steroid dienone is 2. The fraction of sp³-hybridized carbons (Fsp3) is 0.250. The molecular weight excluding hydrogens is 377 g/mol. The lowest BCUT2D eigenvalue weighted by molar-refractivity contribution is -0.185. The average molecular weight is 400 g/mol. The van der Waals surface area contributed by atoms with E-state index in [1.807, 2.05) is 19.1 Å². The van der Waals surface area contributed by atoms with Crippen LogP contribution in [0.15, 0.2) is 66.7 Å². The van der Waals surface area contributed by atoms with Gasteiger partial charge in [0.2, 0.25) is 0 Å². The van der Waals surface area contributed by atoms with Gasteiger partial charge in [0.05, 0.1) is 12.2 Å². The molecule has 29 heavy (non-hydrogen) atoms. The highest BCUT2D eigenvalue weighted by molar-refractivity contribution is 5.85. The largest absolute Gasteiger partial charge is 0.491 e. The molecule has 3 aromatic carbocycles. The summed E-state index contributed by atoms with van der Waals surface area (Å²) in [5.41, 5.74) is 0.749. The van der Waals surface area contributed by atoms with E-state index in [9.17, 15) is 13.2 Å². The van der Waals surface area contributed by atoms with E-state index in [0.29, 0.717) is 17.4 Å². The number of hydrogen-bond donors (Lipinski definition) is 0. The van der Waals surface area contributed by atoms with Gasteiger partial charge in [0.25, 0.3) is 0 Å². The Hall–Kier alpha value is -2.95. The predicted molar refractivity (Wildman–Crippen MR) is 109 cm³/mol. The molecule has 3 rings (SSSR count). The zero-order valence-electron chi connectivity index (χ0n) is 16.4. The van der Waals surface area contributed by atoms with Crippen LogP contribution >= 0.6 is 0 Å². The number of alkyl halides is 2. The summed E-state index contributed by atoms with van der Waals surface area (Å²) in [6, 6.07) is 13.4. The predicted octanol–water partition coefficient (Wildman–Crippen LogP) is 7.01. The minimum atomic E-state index is -3.50. The van der Waals surface area contributed by atoms with Gasteiger partial charge in [-0.2, -0.15) is 8.78 Å². The summed E-state index contributed by atoms with van der Waals surface area (Å²) in [6.07, 6.45) is 2.15. The van der Waals surface area contributed by atoms with Gasteiger partial charge in [0.1, 0.15) is 5.75 Å². The third-order valence-corrected chi connectivity index (χ3v) is 4.53. The molecule has 0 spiro atoms. The summed E-state index contributed by atoms with van der Waals surface area (Å²) < 4.78 is 53.4. The first-order valence-electron chi connectivity index (χ1n) is 9.56. The molecule has 2 nitrogen and oxygen atoms in total. The van der Waals surface area contributed by atoms with Crippen molar-refractivity contribution in [3.8, 4) is 11.5 Å². The fourth-order valence-electron chi connectivity index (χ4n) is 3.05. The molecule has 0 aliphatic carbocycles. The van der Waals surface area contributed by atoms with Crippen molar-refractivity contribution in [1.82, 2.24) is 0 Å². The Morgan fingerprint density at radius 2 is 1.72 bits per heavy atom. The smallest absolute Gasteiger partial charge is 0.426 e. The Kier molecular flexibility index (Phi) is 6.47. The summed E-state index contributed by atoms with van der Waals surface area (Å²) >= 11 is 0. The molecule has 0 N–H and O–H groups in total. The van der Waals surface area contributed by atoms with Crippen molar-refractivity contribution in [2.45, 2.75) is 32.8 Å². The molecule has 0 atom stereocenters. The highest BCUT2D eigenvalue weighted by atomic mass is 19.3. The van der Waals surface area contributed by atoms with Crippen molar-refractivity contribution in [1.29, 1.82) is 0 Å². The first-order valence-corrected chi connectivity index (χ1v) is 9.56. The van der Waals surface area contributed by atoms with Gasteiger partial charge in [-0.15, -0.1) is 0 Å². The molecule has 0 aromatic heterocycles. The van der Waals surface area contributed by atoms with E-state index < -0.39 is 11.9 Å². The molecule has 0 amide bonds. The molecule has 0 radical (unpaired) electrons. The number of rotatable bonds is 8. The zero-order chi connectivity index (χ0) is 20.9. The summed E-state index contributed by atoms with van der Waals surface area (Å²) in [7, 11) is 0. The van der Waals surface area contributed by atoms with E-state index in [4.69, 9.17) is 9.47 Å². The van der Waals surface area contributed by atoms with Gasteiger partial charge >= 0.3 is 6.11 Å². The molecule has 5 heteroatoms. The van der Waals surface area contributed by atoms with Gasteiger partial charge in [0.15, 0.2) is 11.6 Å². The van der Waals surface area contributed by atoms with Crippen molar-refractivity contribution < 1.29 is 22.6 Å². The summed E-state index contributed by atoms with van der Waals surface area (Å²) in [4.78, 5) is 0. The standard InChI is InChI=1S/C24H23F3O2/c1-3-5-6-7-17-8-11-20(12-9-17)24(26,27)29-21-13-10-18-16-23(28-4-2)22(25)15-19(18)14-21/h3,5,8-16H,4,6-7H2,1-2H3/b5-3+. The highest BCUT2D eigenvalue weighted by Gasteiger charge is 2.34. The Morgan fingerprint density at radius 3 is 2.41 bits per heavy atom. The molecule has 0 aliphatic heterocycles. The Bertz CT molecular complexity index is 995. The fourth-order valence-corrected chi connectivity index (χ4v) is 3.05. The molecule has 0 saturated carbocycles. The van der Waals surface area contributed by atoms with Gasteiger partial charge in [-0.1, -0.05) is 30.4 Å². The lowest BCUT2D eigenvalue weighted by atomic mass is 10.1. The number of hydrogen-bond acceptors (Lipinski definition) is 2. The molecule has 152 valence electrons. The SMILES string of the molecule is C/C=C/CCc1ccc(C(F)(F)Oc2ccc3cc(OCC)c(F)cc3c2)cc1. The molecule has 3 aromatic rings. The van der Waals surface area contributed by atoms with E-state index in [1.165, 1.54) is 30.3 Å². The number of halogens is 3. The minimum Gasteiger partial charge on any atom is -0.491 e. The van der Waals surface area contributed by atoms with Crippen LogP contribution in [0.2, 0.25) is 0 Å². The number of ether oxygens (including phenoxy) is 2. The first kappa shape index (κ1) is 20.8. The molecule has 0 unspecified atom stereocenters. The highest BCUT2D eigenvalue weighted by Crippen LogP contribution is 2.34. The van der Waals surface area contributed by atoms with Crippen LogP contribution in [0.1, 0.15) is 31.4 Å². The average Bonchev–Trinajstić information content (AvgIpc) is 2.69. The van der Waals surface area contributed by atoms with Gasteiger partial charge in [-0.25, -0.2) is 4.39 Å². The van der Waals surface area contributed by atoms with Gasteiger partial charge in [-0.3, -0.25) is 0 Å².